The Balaban J connectivity index is 2.00. The topological polar surface area (TPSA) is 61.8 Å². The van der Waals surface area contributed by atoms with Crippen molar-refractivity contribution in [2.75, 3.05) is 20.3 Å². The lowest BCUT2D eigenvalue weighted by Crippen LogP contribution is -2.19. The highest BCUT2D eigenvalue weighted by Gasteiger charge is 2.55. The van der Waals surface area contributed by atoms with Gasteiger partial charge in [0.05, 0.1) is 25.9 Å². The molecule has 3 aromatic carbocycles. The Kier molecular flexibility index (Phi) is 8.42. The monoisotopic (exact) mass is 552 g/mol. The summed E-state index contributed by atoms with van der Waals surface area (Å²) in [5, 5.41) is 1.25. The standard InChI is InChI=1S/C25H24BrF2O5P/c1-4-32-34(30,33-5-2)25(27,28)22-15-21-14-18(11-12-19(21)16-23(22)26)10-9-17-7-6-8-20(13-17)24(29)31-3/h6-16H,4-5H2,1-3H3. The SMILES string of the molecule is CCOP(=O)(OCC)C(F)(F)c1cc2cc(C=Cc3cccc(C(=O)OC)c3)ccc2cc1Br. The molecule has 0 heterocycles. The number of methoxy groups -OCH3 is 1. The van der Waals surface area contributed by atoms with Gasteiger partial charge in [0, 0.05) is 10.0 Å². The number of halogens is 3. The number of hydrogen-bond acceptors (Lipinski definition) is 5. The van der Waals surface area contributed by atoms with Gasteiger partial charge in [0.15, 0.2) is 0 Å². The van der Waals surface area contributed by atoms with Gasteiger partial charge in [-0.3, -0.25) is 4.57 Å². The average molecular weight is 553 g/mol. The van der Waals surface area contributed by atoms with Crippen molar-refractivity contribution in [3.05, 3.63) is 81.3 Å². The van der Waals surface area contributed by atoms with Gasteiger partial charge in [-0.25, -0.2) is 4.79 Å². The van der Waals surface area contributed by atoms with Crippen LogP contribution < -0.4 is 0 Å². The van der Waals surface area contributed by atoms with Gasteiger partial charge >= 0.3 is 19.2 Å². The largest absolute Gasteiger partial charge is 0.465 e. The van der Waals surface area contributed by atoms with Gasteiger partial charge in [-0.05, 0) is 66.1 Å². The molecule has 0 atom stereocenters. The number of hydrogen-bond donors (Lipinski definition) is 0. The number of benzene rings is 3. The van der Waals surface area contributed by atoms with E-state index in [1.807, 2.05) is 12.1 Å². The molecule has 0 aromatic heterocycles. The molecule has 180 valence electrons. The summed E-state index contributed by atoms with van der Waals surface area (Å²) in [5.41, 5.74) is -2.37. The first-order chi connectivity index (χ1) is 16.1. The Morgan fingerprint density at radius 1 is 0.971 bits per heavy atom. The molecule has 0 aliphatic rings. The summed E-state index contributed by atoms with van der Waals surface area (Å²) in [6.07, 6.45) is 3.61. The maximum absolute atomic E-state index is 15.4. The van der Waals surface area contributed by atoms with Crippen LogP contribution in [0.4, 0.5) is 8.78 Å². The van der Waals surface area contributed by atoms with E-state index in [4.69, 9.17) is 13.8 Å². The van der Waals surface area contributed by atoms with Crippen LogP contribution in [0.15, 0.2) is 59.1 Å². The van der Waals surface area contributed by atoms with Crippen molar-refractivity contribution in [3.8, 4) is 0 Å². The fourth-order valence-electron chi connectivity index (χ4n) is 3.39. The van der Waals surface area contributed by atoms with E-state index in [0.717, 1.165) is 16.5 Å². The lowest BCUT2D eigenvalue weighted by molar-refractivity contribution is 0.0356. The zero-order valence-corrected chi connectivity index (χ0v) is 21.4. The third-order valence-electron chi connectivity index (χ3n) is 4.99. The van der Waals surface area contributed by atoms with Gasteiger partial charge in [-0.1, -0.05) is 52.3 Å². The minimum absolute atomic E-state index is 0.104. The Morgan fingerprint density at radius 3 is 2.24 bits per heavy atom. The zero-order chi connectivity index (χ0) is 24.9. The van der Waals surface area contributed by atoms with Gasteiger partial charge in [-0.15, -0.1) is 0 Å². The minimum Gasteiger partial charge on any atom is -0.465 e. The van der Waals surface area contributed by atoms with Gasteiger partial charge in [0.2, 0.25) is 0 Å². The molecule has 0 N–H and O–H groups in total. The Labute approximate surface area is 205 Å². The third-order valence-corrected chi connectivity index (χ3v) is 7.77. The number of ether oxygens (including phenoxy) is 1. The molecule has 0 aliphatic heterocycles. The van der Waals surface area contributed by atoms with Crippen molar-refractivity contribution in [3.63, 3.8) is 0 Å². The van der Waals surface area contributed by atoms with Gasteiger partial charge < -0.3 is 13.8 Å². The smallest absolute Gasteiger partial charge is 0.404 e. The van der Waals surface area contributed by atoms with Crippen molar-refractivity contribution < 1.29 is 31.9 Å². The van der Waals surface area contributed by atoms with Crippen molar-refractivity contribution >= 4 is 52.4 Å². The highest BCUT2D eigenvalue weighted by Crippen LogP contribution is 2.67. The molecular weight excluding hydrogens is 529 g/mol. The lowest BCUT2D eigenvalue weighted by atomic mass is 10.0. The van der Waals surface area contributed by atoms with Crippen molar-refractivity contribution in [1.82, 2.24) is 0 Å². The quantitative estimate of drug-likeness (QED) is 0.153. The molecule has 0 amide bonds. The van der Waals surface area contributed by atoms with E-state index in [1.54, 1.807) is 48.6 Å². The van der Waals surface area contributed by atoms with E-state index in [-0.39, 0.29) is 17.7 Å². The Morgan fingerprint density at radius 2 is 1.62 bits per heavy atom. The fraction of sp³-hybridized carbons (Fsp3) is 0.240. The van der Waals surface area contributed by atoms with E-state index >= 15 is 8.78 Å². The van der Waals surface area contributed by atoms with Gasteiger partial charge in [-0.2, -0.15) is 8.78 Å². The summed E-state index contributed by atoms with van der Waals surface area (Å²) in [6, 6.07) is 15.2. The van der Waals surface area contributed by atoms with Gasteiger partial charge in [0.1, 0.15) is 0 Å². The minimum atomic E-state index is -4.74. The summed E-state index contributed by atoms with van der Waals surface area (Å²) < 4.78 is 58.3. The van der Waals surface area contributed by atoms with Gasteiger partial charge in [0.25, 0.3) is 0 Å². The number of carbonyl (C=O) groups is 1. The van der Waals surface area contributed by atoms with Crippen molar-refractivity contribution in [2.24, 2.45) is 0 Å². The molecule has 3 rings (SSSR count). The predicted octanol–water partition coefficient (Wildman–Crippen LogP) is 7.87. The molecule has 9 heteroatoms. The van der Waals surface area contributed by atoms with E-state index in [9.17, 15) is 9.36 Å². The Bertz CT molecular complexity index is 1270. The molecule has 3 aromatic rings. The number of rotatable bonds is 9. The highest BCUT2D eigenvalue weighted by molar-refractivity contribution is 9.10. The second-order valence-corrected chi connectivity index (χ2v) is 10.2. The first-order valence-corrected chi connectivity index (χ1v) is 12.9. The molecule has 0 saturated heterocycles. The molecule has 0 radical (unpaired) electrons. The van der Waals surface area contributed by atoms with Crippen LogP contribution in [-0.2, 0) is 24.0 Å². The highest BCUT2D eigenvalue weighted by atomic mass is 79.9. The summed E-state index contributed by atoms with van der Waals surface area (Å²) >= 11 is 3.19. The Hall–Kier alpha value is -2.38. The number of fused-ring (bicyclic) bond motifs is 1. The predicted molar refractivity (Wildman–Crippen MR) is 133 cm³/mol. The van der Waals surface area contributed by atoms with E-state index < -0.39 is 24.8 Å². The van der Waals surface area contributed by atoms with Crippen LogP contribution in [0.5, 0.6) is 0 Å². The molecule has 0 bridgehead atoms. The maximum Gasteiger partial charge on any atom is 0.404 e. The molecule has 0 aliphatic carbocycles. The fourth-order valence-corrected chi connectivity index (χ4v) is 5.71. The summed E-state index contributed by atoms with van der Waals surface area (Å²) in [5.74, 6) is -0.434. The van der Waals surface area contributed by atoms with Crippen molar-refractivity contribution in [2.45, 2.75) is 19.5 Å². The van der Waals surface area contributed by atoms with Crippen LogP contribution in [0.25, 0.3) is 22.9 Å². The van der Waals surface area contributed by atoms with Crippen LogP contribution in [0.3, 0.4) is 0 Å². The number of esters is 1. The number of carbonyl (C=O) groups excluding carboxylic acids is 1. The second kappa shape index (κ2) is 10.9. The first kappa shape index (κ1) is 26.2. The molecule has 5 nitrogen and oxygen atoms in total. The molecule has 0 saturated carbocycles. The molecule has 0 fully saturated rings. The molecule has 34 heavy (non-hydrogen) atoms. The summed E-state index contributed by atoms with van der Waals surface area (Å²) in [7, 11) is -3.43. The molecular formula is C25H24BrF2O5P. The number of alkyl halides is 2. The molecule has 0 unspecified atom stereocenters. The van der Waals surface area contributed by atoms with E-state index in [2.05, 4.69) is 15.9 Å². The summed E-state index contributed by atoms with van der Waals surface area (Å²) in [6.45, 7) is 2.61. The summed E-state index contributed by atoms with van der Waals surface area (Å²) in [4.78, 5) is 11.7. The second-order valence-electron chi connectivity index (χ2n) is 7.26. The first-order valence-electron chi connectivity index (χ1n) is 10.5. The van der Waals surface area contributed by atoms with Crippen molar-refractivity contribution in [1.29, 1.82) is 0 Å². The maximum atomic E-state index is 15.4. The van der Waals surface area contributed by atoms with Crippen LogP contribution in [-0.4, -0.2) is 26.3 Å². The van der Waals surface area contributed by atoms with Crippen LogP contribution >= 0.6 is 23.5 Å². The third kappa shape index (κ3) is 5.47. The lowest BCUT2D eigenvalue weighted by Gasteiger charge is -2.27. The van der Waals surface area contributed by atoms with E-state index in [1.165, 1.54) is 27.0 Å². The normalized spacial score (nSPS) is 12.4. The van der Waals surface area contributed by atoms with E-state index in [0.29, 0.717) is 10.9 Å². The van der Waals surface area contributed by atoms with Crippen LogP contribution in [0.2, 0.25) is 0 Å². The zero-order valence-electron chi connectivity index (χ0n) is 18.9. The molecule has 0 spiro atoms. The average Bonchev–Trinajstić information content (AvgIpc) is 2.82. The van der Waals surface area contributed by atoms with Crippen LogP contribution in [0, 0.1) is 0 Å². The van der Waals surface area contributed by atoms with Crippen LogP contribution in [0.1, 0.15) is 40.9 Å².